The van der Waals surface area contributed by atoms with Gasteiger partial charge in [0.25, 0.3) is 5.91 Å². The van der Waals surface area contributed by atoms with Gasteiger partial charge < -0.3 is 14.2 Å². The first-order valence-electron chi connectivity index (χ1n) is 9.56. The maximum Gasteiger partial charge on any atom is 0.340 e. The zero-order valence-electron chi connectivity index (χ0n) is 16.9. The van der Waals surface area contributed by atoms with Crippen LogP contribution in [-0.4, -0.2) is 34.2 Å². The maximum atomic E-state index is 12.8. The van der Waals surface area contributed by atoms with Crippen molar-refractivity contribution in [1.29, 1.82) is 0 Å². The number of carbonyl (C=O) groups excluding carboxylic acids is 2. The molecule has 0 saturated carbocycles. The van der Waals surface area contributed by atoms with Crippen LogP contribution >= 0.6 is 0 Å². The molecule has 4 rings (SSSR count). The number of benzene rings is 1. The van der Waals surface area contributed by atoms with Crippen LogP contribution in [0, 0.1) is 20.8 Å². The molecule has 0 N–H and O–H groups in total. The lowest BCUT2D eigenvalue weighted by Crippen LogP contribution is -2.38. The first-order valence-corrected chi connectivity index (χ1v) is 9.56. The molecule has 3 heterocycles. The molecule has 0 radical (unpaired) electrons. The van der Waals surface area contributed by atoms with Gasteiger partial charge in [-0.25, -0.2) is 4.79 Å². The molecular formula is C22H23N3O4. The first-order chi connectivity index (χ1) is 13.9. The van der Waals surface area contributed by atoms with Crippen molar-refractivity contribution in [2.24, 2.45) is 0 Å². The van der Waals surface area contributed by atoms with Crippen molar-refractivity contribution in [2.75, 3.05) is 11.5 Å². The smallest absolute Gasteiger partial charge is 0.340 e. The van der Waals surface area contributed by atoms with Crippen molar-refractivity contribution in [3.8, 4) is 5.82 Å². The highest BCUT2D eigenvalue weighted by Gasteiger charge is 2.31. The van der Waals surface area contributed by atoms with E-state index in [9.17, 15) is 9.59 Å². The van der Waals surface area contributed by atoms with Gasteiger partial charge in [0.2, 0.25) is 0 Å². The molecule has 0 spiro atoms. The summed E-state index contributed by atoms with van der Waals surface area (Å²) >= 11 is 0. The number of aromatic nitrogens is 2. The highest BCUT2D eigenvalue weighted by molar-refractivity contribution is 5.99. The van der Waals surface area contributed by atoms with Crippen LogP contribution < -0.4 is 4.90 Å². The molecule has 150 valence electrons. The molecule has 0 aliphatic carbocycles. The molecule has 3 aromatic rings. The summed E-state index contributed by atoms with van der Waals surface area (Å²) in [5, 5.41) is 4.01. The number of fused-ring (bicyclic) bond motifs is 1. The van der Waals surface area contributed by atoms with Crippen LogP contribution in [0.1, 0.15) is 40.0 Å². The topological polar surface area (TPSA) is 77.6 Å². The molecule has 0 unspecified atom stereocenters. The standard InChI is InChI=1S/C22H23N3O4/c1-13-9-17-7-5-6-8-19(17)25(13)21(26)12-28-22(27)18-10-14(2)24(16(18)4)20-11-15(3)29-23-20/h5-8,10-11,13H,9,12H2,1-4H3/t13-/m0/s1. The molecule has 1 atom stereocenters. The molecule has 0 bridgehead atoms. The summed E-state index contributed by atoms with van der Waals surface area (Å²) in [7, 11) is 0. The number of esters is 1. The molecule has 29 heavy (non-hydrogen) atoms. The number of hydrogen-bond donors (Lipinski definition) is 0. The lowest BCUT2D eigenvalue weighted by molar-refractivity contribution is -0.122. The fourth-order valence-corrected chi connectivity index (χ4v) is 4.00. The number of carbonyl (C=O) groups is 2. The highest BCUT2D eigenvalue weighted by atomic mass is 16.5. The van der Waals surface area contributed by atoms with Crippen molar-refractivity contribution < 1.29 is 18.8 Å². The third-order valence-corrected chi connectivity index (χ3v) is 5.30. The van der Waals surface area contributed by atoms with Crippen LogP contribution in [0.2, 0.25) is 0 Å². The molecule has 0 fully saturated rings. The number of anilines is 1. The number of para-hydroxylation sites is 1. The average molecular weight is 393 g/mol. The number of ether oxygens (including phenoxy) is 1. The minimum atomic E-state index is -0.530. The predicted octanol–water partition coefficient (Wildman–Crippen LogP) is 3.53. The minimum Gasteiger partial charge on any atom is -0.452 e. The van der Waals surface area contributed by atoms with E-state index in [4.69, 9.17) is 9.26 Å². The summed E-state index contributed by atoms with van der Waals surface area (Å²) < 4.78 is 12.3. The Bertz CT molecular complexity index is 1100. The number of nitrogens with zero attached hydrogens (tertiary/aromatic N) is 3. The fourth-order valence-electron chi connectivity index (χ4n) is 4.00. The van der Waals surface area contributed by atoms with E-state index in [1.165, 1.54) is 0 Å². The normalized spacial score (nSPS) is 15.4. The molecule has 0 saturated heterocycles. The van der Waals surface area contributed by atoms with Gasteiger partial charge in [-0.3, -0.25) is 9.36 Å². The van der Waals surface area contributed by atoms with E-state index in [1.54, 1.807) is 17.0 Å². The third-order valence-electron chi connectivity index (χ3n) is 5.30. The summed E-state index contributed by atoms with van der Waals surface area (Å²) in [4.78, 5) is 27.1. The Morgan fingerprint density at radius 2 is 1.97 bits per heavy atom. The van der Waals surface area contributed by atoms with Gasteiger partial charge in [0.15, 0.2) is 12.4 Å². The van der Waals surface area contributed by atoms with E-state index in [-0.39, 0.29) is 18.6 Å². The van der Waals surface area contributed by atoms with Crippen molar-refractivity contribution in [1.82, 2.24) is 9.72 Å². The number of aryl methyl sites for hydroxylation is 2. The summed E-state index contributed by atoms with van der Waals surface area (Å²) in [6.07, 6.45) is 0.800. The van der Waals surface area contributed by atoms with Crippen LogP contribution in [0.4, 0.5) is 5.69 Å². The second-order valence-electron chi connectivity index (χ2n) is 7.44. The highest BCUT2D eigenvalue weighted by Crippen LogP contribution is 2.31. The Morgan fingerprint density at radius 3 is 2.69 bits per heavy atom. The largest absolute Gasteiger partial charge is 0.452 e. The molecule has 1 aliphatic heterocycles. The van der Waals surface area contributed by atoms with E-state index in [2.05, 4.69) is 5.16 Å². The Morgan fingerprint density at radius 1 is 1.21 bits per heavy atom. The maximum absolute atomic E-state index is 12.8. The van der Waals surface area contributed by atoms with E-state index < -0.39 is 5.97 Å². The van der Waals surface area contributed by atoms with Crippen LogP contribution in [0.3, 0.4) is 0 Å². The van der Waals surface area contributed by atoms with Crippen LogP contribution in [0.25, 0.3) is 5.82 Å². The summed E-state index contributed by atoms with van der Waals surface area (Å²) in [5.41, 5.74) is 3.95. The minimum absolute atomic E-state index is 0.0408. The van der Waals surface area contributed by atoms with Crippen molar-refractivity contribution in [2.45, 2.75) is 40.2 Å². The first kappa shape index (κ1) is 19.0. The monoisotopic (exact) mass is 393 g/mol. The van der Waals surface area contributed by atoms with E-state index in [0.717, 1.165) is 23.4 Å². The average Bonchev–Trinajstić information content (AvgIpc) is 3.34. The van der Waals surface area contributed by atoms with Crippen LogP contribution in [0.15, 0.2) is 40.9 Å². The lowest BCUT2D eigenvalue weighted by Gasteiger charge is -2.22. The van der Waals surface area contributed by atoms with E-state index >= 15 is 0 Å². The van der Waals surface area contributed by atoms with Crippen LogP contribution in [-0.2, 0) is 16.0 Å². The number of hydrogen-bond acceptors (Lipinski definition) is 5. The summed E-state index contributed by atoms with van der Waals surface area (Å²) in [6.45, 7) is 7.19. The quantitative estimate of drug-likeness (QED) is 0.634. The number of rotatable bonds is 4. The van der Waals surface area contributed by atoms with E-state index in [0.29, 0.717) is 22.8 Å². The second kappa shape index (κ2) is 7.24. The second-order valence-corrected chi connectivity index (χ2v) is 7.44. The van der Waals surface area contributed by atoms with Gasteiger partial charge >= 0.3 is 5.97 Å². The van der Waals surface area contributed by atoms with Gasteiger partial charge in [0, 0.05) is 29.2 Å². The molecule has 7 heteroatoms. The van der Waals surface area contributed by atoms with Gasteiger partial charge in [-0.1, -0.05) is 23.4 Å². The Labute approximate surface area is 168 Å². The molecule has 1 amide bonds. The number of amides is 1. The molecule has 2 aromatic heterocycles. The predicted molar refractivity (Wildman–Crippen MR) is 107 cm³/mol. The van der Waals surface area contributed by atoms with Crippen molar-refractivity contribution in [3.05, 3.63) is 64.7 Å². The molecule has 1 aromatic carbocycles. The van der Waals surface area contributed by atoms with Crippen molar-refractivity contribution >= 4 is 17.6 Å². The Kier molecular flexibility index (Phi) is 4.74. The molecule has 1 aliphatic rings. The summed E-state index contributed by atoms with van der Waals surface area (Å²) in [6, 6.07) is 11.4. The van der Waals surface area contributed by atoms with Crippen molar-refractivity contribution in [3.63, 3.8) is 0 Å². The summed E-state index contributed by atoms with van der Waals surface area (Å²) in [5.74, 6) is 0.534. The Balaban J connectivity index is 1.49. The zero-order valence-corrected chi connectivity index (χ0v) is 16.9. The SMILES string of the molecule is Cc1cc(-n2c(C)cc(C(=O)OCC(=O)N3c4ccccc4C[C@@H]3C)c2C)no1. The zero-order chi connectivity index (χ0) is 20.7. The molecular weight excluding hydrogens is 370 g/mol. The van der Waals surface area contributed by atoms with Gasteiger partial charge in [-0.2, -0.15) is 0 Å². The van der Waals surface area contributed by atoms with Gasteiger partial charge in [0.05, 0.1) is 5.56 Å². The van der Waals surface area contributed by atoms with Gasteiger partial charge in [-0.15, -0.1) is 0 Å². The lowest BCUT2D eigenvalue weighted by atomic mass is 10.1. The van der Waals surface area contributed by atoms with E-state index in [1.807, 2.05) is 56.5 Å². The Hall–Kier alpha value is -3.35. The van der Waals surface area contributed by atoms with Gasteiger partial charge in [-0.05, 0) is 51.8 Å². The van der Waals surface area contributed by atoms with Crippen LogP contribution in [0.5, 0.6) is 0 Å². The third kappa shape index (κ3) is 3.33. The fraction of sp³-hybridized carbons (Fsp3) is 0.318. The van der Waals surface area contributed by atoms with Gasteiger partial charge in [0.1, 0.15) is 5.76 Å². The molecule has 7 nitrogen and oxygen atoms in total.